The first-order valence-electron chi connectivity index (χ1n) is 4.02. The number of aliphatic hydroxyl groups is 1. The van der Waals surface area contributed by atoms with Crippen LogP contribution in [0, 0.1) is 5.92 Å². The molecule has 0 aromatic carbocycles. The van der Waals surface area contributed by atoms with Crippen molar-refractivity contribution in [3.05, 3.63) is 47.5 Å². The monoisotopic (exact) mass is 160 g/mol. The standard InChI is InChI=1S/C10H8O2/c11-7-2-3-8-6(5-7)1-4-9-10(8)12-9/h1-5,8,10-11H. The molecular formula is C10H8O2. The topological polar surface area (TPSA) is 32.8 Å². The molecule has 2 aliphatic carbocycles. The van der Waals surface area contributed by atoms with Crippen molar-refractivity contribution < 1.29 is 9.84 Å². The van der Waals surface area contributed by atoms with Crippen LogP contribution in [0.1, 0.15) is 0 Å². The number of hydrogen-bond donors (Lipinski definition) is 1. The van der Waals surface area contributed by atoms with Gasteiger partial charge >= 0.3 is 0 Å². The van der Waals surface area contributed by atoms with Gasteiger partial charge in [0, 0.05) is 5.92 Å². The highest BCUT2D eigenvalue weighted by Crippen LogP contribution is 2.43. The third-order valence-corrected chi connectivity index (χ3v) is 2.43. The Labute approximate surface area is 70.2 Å². The van der Waals surface area contributed by atoms with E-state index in [2.05, 4.69) is 0 Å². The molecule has 3 rings (SSSR count). The highest BCUT2D eigenvalue weighted by molar-refractivity contribution is 5.46. The van der Waals surface area contributed by atoms with Gasteiger partial charge in [-0.1, -0.05) is 12.2 Å². The Kier molecular flexibility index (Phi) is 0.933. The van der Waals surface area contributed by atoms with Gasteiger partial charge in [-0.3, -0.25) is 0 Å². The van der Waals surface area contributed by atoms with Crippen LogP contribution in [0.15, 0.2) is 47.5 Å². The fraction of sp³-hybridized carbons (Fsp3) is 0.200. The minimum Gasteiger partial charge on any atom is -0.508 e. The minimum atomic E-state index is 0.255. The molecule has 2 atom stereocenters. The van der Waals surface area contributed by atoms with Crippen molar-refractivity contribution in [1.29, 1.82) is 0 Å². The van der Waals surface area contributed by atoms with E-state index in [9.17, 15) is 5.11 Å². The first-order chi connectivity index (χ1) is 5.84. The molecule has 0 aromatic heterocycles. The molecule has 0 amide bonds. The third kappa shape index (κ3) is 0.694. The van der Waals surface area contributed by atoms with Gasteiger partial charge in [0.05, 0.1) is 0 Å². The summed E-state index contributed by atoms with van der Waals surface area (Å²) in [6, 6.07) is 0. The zero-order chi connectivity index (χ0) is 8.13. The van der Waals surface area contributed by atoms with Crippen LogP contribution in [0.4, 0.5) is 0 Å². The maximum Gasteiger partial charge on any atom is 0.165 e. The van der Waals surface area contributed by atoms with Crippen molar-refractivity contribution >= 4 is 0 Å². The fourth-order valence-corrected chi connectivity index (χ4v) is 1.74. The maximum absolute atomic E-state index is 9.22. The van der Waals surface area contributed by atoms with Gasteiger partial charge in [-0.2, -0.15) is 0 Å². The summed E-state index contributed by atoms with van der Waals surface area (Å²) in [4.78, 5) is 0. The highest BCUT2D eigenvalue weighted by atomic mass is 16.6. The maximum atomic E-state index is 9.22. The van der Waals surface area contributed by atoms with Crippen molar-refractivity contribution in [3.63, 3.8) is 0 Å². The van der Waals surface area contributed by atoms with Crippen LogP contribution in [0.5, 0.6) is 0 Å². The van der Waals surface area contributed by atoms with Crippen LogP contribution < -0.4 is 0 Å². The quantitative estimate of drug-likeness (QED) is 0.548. The lowest BCUT2D eigenvalue weighted by Gasteiger charge is -2.15. The molecule has 0 radical (unpaired) electrons. The molecular weight excluding hydrogens is 152 g/mol. The second kappa shape index (κ2) is 1.83. The number of hydrogen-bond acceptors (Lipinski definition) is 2. The molecule has 1 aliphatic heterocycles. The lowest BCUT2D eigenvalue weighted by atomic mass is 9.88. The van der Waals surface area contributed by atoms with Crippen LogP contribution in [-0.2, 0) is 4.74 Å². The SMILES string of the molecule is OC1=CC2=CC=C3OC3C2C=C1. The van der Waals surface area contributed by atoms with Crippen molar-refractivity contribution in [1.82, 2.24) is 0 Å². The van der Waals surface area contributed by atoms with Crippen LogP contribution in [-0.4, -0.2) is 11.2 Å². The summed E-state index contributed by atoms with van der Waals surface area (Å²) in [7, 11) is 0. The van der Waals surface area contributed by atoms with Crippen molar-refractivity contribution in [2.24, 2.45) is 5.92 Å². The van der Waals surface area contributed by atoms with Gasteiger partial charge in [-0.15, -0.1) is 0 Å². The molecule has 0 bridgehead atoms. The van der Waals surface area contributed by atoms with E-state index >= 15 is 0 Å². The largest absolute Gasteiger partial charge is 0.508 e. The molecule has 0 spiro atoms. The molecule has 1 N–H and O–H groups in total. The Bertz CT molecular complexity index is 358. The van der Waals surface area contributed by atoms with Gasteiger partial charge in [0.1, 0.15) is 11.5 Å². The second-order valence-electron chi connectivity index (χ2n) is 3.23. The summed E-state index contributed by atoms with van der Waals surface area (Å²) in [5.41, 5.74) is 1.14. The van der Waals surface area contributed by atoms with Gasteiger partial charge in [-0.05, 0) is 23.8 Å². The molecule has 12 heavy (non-hydrogen) atoms. The van der Waals surface area contributed by atoms with E-state index in [1.54, 1.807) is 12.2 Å². The molecule has 60 valence electrons. The zero-order valence-corrected chi connectivity index (χ0v) is 6.40. The molecule has 1 fully saturated rings. The number of rotatable bonds is 0. The van der Waals surface area contributed by atoms with E-state index in [-0.39, 0.29) is 6.10 Å². The van der Waals surface area contributed by atoms with Gasteiger partial charge in [0.25, 0.3) is 0 Å². The Morgan fingerprint density at radius 2 is 2.25 bits per heavy atom. The van der Waals surface area contributed by atoms with E-state index in [1.165, 1.54) is 0 Å². The average Bonchev–Trinajstić information content (AvgIpc) is 2.82. The molecule has 0 saturated carbocycles. The summed E-state index contributed by atoms with van der Waals surface area (Å²) < 4.78 is 5.33. The summed E-state index contributed by atoms with van der Waals surface area (Å²) in [5, 5.41) is 9.22. The first-order valence-corrected chi connectivity index (χ1v) is 4.02. The molecule has 2 nitrogen and oxygen atoms in total. The van der Waals surface area contributed by atoms with Crippen LogP contribution in [0.2, 0.25) is 0 Å². The predicted molar refractivity (Wildman–Crippen MR) is 44.4 cm³/mol. The van der Waals surface area contributed by atoms with Crippen molar-refractivity contribution in [2.75, 3.05) is 0 Å². The summed E-state index contributed by atoms with van der Waals surface area (Å²) in [5.74, 6) is 1.74. The average molecular weight is 160 g/mol. The lowest BCUT2D eigenvalue weighted by molar-refractivity contribution is 0.387. The summed E-state index contributed by atoms with van der Waals surface area (Å²) in [6.07, 6.45) is 9.74. The Morgan fingerprint density at radius 1 is 1.33 bits per heavy atom. The second-order valence-corrected chi connectivity index (χ2v) is 3.23. The molecule has 0 aromatic rings. The van der Waals surface area contributed by atoms with Crippen molar-refractivity contribution in [2.45, 2.75) is 6.10 Å². The van der Waals surface area contributed by atoms with Gasteiger partial charge in [-0.25, -0.2) is 0 Å². The summed E-state index contributed by atoms with van der Waals surface area (Å²) >= 11 is 0. The number of epoxide rings is 1. The van der Waals surface area contributed by atoms with Crippen LogP contribution in [0.3, 0.4) is 0 Å². The zero-order valence-electron chi connectivity index (χ0n) is 6.40. The van der Waals surface area contributed by atoms with E-state index in [1.807, 2.05) is 18.2 Å². The fourth-order valence-electron chi connectivity index (χ4n) is 1.74. The Balaban J connectivity index is 2.06. The normalized spacial score (nSPS) is 35.2. The molecule has 3 aliphatic rings. The molecule has 1 heterocycles. The van der Waals surface area contributed by atoms with Gasteiger partial charge in [0.2, 0.25) is 0 Å². The number of fused-ring (bicyclic) bond motifs is 3. The molecule has 2 heteroatoms. The van der Waals surface area contributed by atoms with Gasteiger partial charge in [0.15, 0.2) is 6.10 Å². The lowest BCUT2D eigenvalue weighted by Crippen LogP contribution is -2.11. The van der Waals surface area contributed by atoms with Crippen LogP contribution in [0.25, 0.3) is 0 Å². The predicted octanol–water partition coefficient (Wildman–Crippen LogP) is 1.84. The minimum absolute atomic E-state index is 0.255. The van der Waals surface area contributed by atoms with Crippen molar-refractivity contribution in [3.8, 4) is 0 Å². The smallest absolute Gasteiger partial charge is 0.165 e. The van der Waals surface area contributed by atoms with Gasteiger partial charge < -0.3 is 9.84 Å². The number of aliphatic hydroxyl groups excluding tert-OH is 1. The summed E-state index contributed by atoms with van der Waals surface area (Å²) in [6.45, 7) is 0. The number of ether oxygens (including phenoxy) is 1. The van der Waals surface area contributed by atoms with E-state index in [0.29, 0.717) is 11.7 Å². The van der Waals surface area contributed by atoms with Crippen LogP contribution >= 0.6 is 0 Å². The molecule has 2 unspecified atom stereocenters. The third-order valence-electron chi connectivity index (χ3n) is 2.43. The Morgan fingerprint density at radius 3 is 3.17 bits per heavy atom. The first kappa shape index (κ1) is 6.12. The highest BCUT2D eigenvalue weighted by Gasteiger charge is 2.42. The number of allylic oxidation sites excluding steroid dienone is 4. The molecule has 1 saturated heterocycles. The van der Waals surface area contributed by atoms with E-state index < -0.39 is 0 Å². The van der Waals surface area contributed by atoms with E-state index in [0.717, 1.165) is 11.3 Å². The Hall–Kier alpha value is -1.44. The van der Waals surface area contributed by atoms with E-state index in [4.69, 9.17) is 4.74 Å².